The molecule has 2 rings (SSSR count). The van der Waals surface area contributed by atoms with Crippen molar-refractivity contribution < 1.29 is 14.2 Å². The Morgan fingerprint density at radius 1 is 1.56 bits per heavy atom. The molecule has 1 N–H and O–H groups in total. The highest BCUT2D eigenvalue weighted by Crippen LogP contribution is 2.41. The van der Waals surface area contributed by atoms with Gasteiger partial charge in [0.15, 0.2) is 0 Å². The lowest BCUT2D eigenvalue weighted by Crippen LogP contribution is -2.36. The summed E-state index contributed by atoms with van der Waals surface area (Å²) in [7, 11) is 0. The number of benzene rings is 1. The van der Waals surface area contributed by atoms with Crippen LogP contribution in [0.1, 0.15) is 24.5 Å². The molecule has 0 saturated carbocycles. The average Bonchev–Trinajstić information content (AvgIpc) is 2.42. The van der Waals surface area contributed by atoms with Crippen LogP contribution in [0.25, 0.3) is 0 Å². The fraction of sp³-hybridized carbons (Fsp3) is 0.462. The zero-order valence-electron chi connectivity index (χ0n) is 9.70. The van der Waals surface area contributed by atoms with Gasteiger partial charge in [0.1, 0.15) is 17.3 Å². The molecule has 0 spiro atoms. The highest BCUT2D eigenvalue weighted by Gasteiger charge is 2.42. The quantitative estimate of drug-likeness (QED) is 0.898. The number of nitrogens with zero attached hydrogens (tertiary/aromatic N) is 1. The smallest absolute Gasteiger partial charge is 0.147 e. The van der Waals surface area contributed by atoms with Crippen molar-refractivity contribution in [1.82, 2.24) is 0 Å². The molecule has 1 aliphatic heterocycles. The van der Waals surface area contributed by atoms with Crippen LogP contribution in [0.4, 0.5) is 4.39 Å². The summed E-state index contributed by atoms with van der Waals surface area (Å²) in [6.07, 6.45) is -0.0785. The number of aliphatic hydroxyl groups is 1. The first kappa shape index (κ1) is 13.3. The molecule has 18 heavy (non-hydrogen) atoms. The summed E-state index contributed by atoms with van der Waals surface area (Å²) in [5.41, 5.74) is -1.04. The van der Waals surface area contributed by atoms with Gasteiger partial charge in [0.25, 0.3) is 0 Å². The summed E-state index contributed by atoms with van der Waals surface area (Å²) in [4.78, 5) is 0. The Balaban J connectivity index is 2.37. The third-order valence-electron chi connectivity index (χ3n) is 3.29. The van der Waals surface area contributed by atoms with Crippen LogP contribution >= 0.6 is 11.6 Å². The van der Waals surface area contributed by atoms with E-state index in [0.717, 1.165) is 0 Å². The summed E-state index contributed by atoms with van der Waals surface area (Å²) in [5, 5.41) is 19.5. The Bertz CT molecular complexity index is 480. The fourth-order valence-corrected chi connectivity index (χ4v) is 2.39. The van der Waals surface area contributed by atoms with Gasteiger partial charge in [0.2, 0.25) is 0 Å². The predicted octanol–water partition coefficient (Wildman–Crippen LogP) is 2.83. The fourth-order valence-electron chi connectivity index (χ4n) is 2.21. The maximum Gasteiger partial charge on any atom is 0.147 e. The van der Waals surface area contributed by atoms with Gasteiger partial charge in [-0.15, -0.1) is 0 Å². The first-order chi connectivity index (χ1) is 8.60. The monoisotopic (exact) mass is 269 g/mol. The number of halogens is 2. The minimum atomic E-state index is -1.23. The van der Waals surface area contributed by atoms with Gasteiger partial charge in [-0.2, -0.15) is 5.26 Å². The molecule has 1 heterocycles. The molecule has 1 aromatic rings. The summed E-state index contributed by atoms with van der Waals surface area (Å²) < 4.78 is 19.1. The summed E-state index contributed by atoms with van der Waals surface area (Å²) >= 11 is 5.69. The van der Waals surface area contributed by atoms with Crippen molar-refractivity contribution in [3.05, 3.63) is 34.6 Å². The van der Waals surface area contributed by atoms with Gasteiger partial charge in [0, 0.05) is 12.2 Å². The molecule has 0 bridgehead atoms. The van der Waals surface area contributed by atoms with Gasteiger partial charge in [-0.3, -0.25) is 0 Å². The van der Waals surface area contributed by atoms with Crippen molar-refractivity contribution in [2.45, 2.75) is 18.9 Å². The van der Waals surface area contributed by atoms with Gasteiger partial charge in [-0.1, -0.05) is 23.7 Å². The van der Waals surface area contributed by atoms with E-state index in [1.807, 2.05) is 0 Å². The maximum absolute atomic E-state index is 13.9. The topological polar surface area (TPSA) is 53.2 Å². The van der Waals surface area contributed by atoms with Gasteiger partial charge in [-0.25, -0.2) is 4.39 Å². The second kappa shape index (κ2) is 5.23. The molecule has 0 radical (unpaired) electrons. The van der Waals surface area contributed by atoms with Crippen LogP contribution in [0, 0.1) is 22.6 Å². The van der Waals surface area contributed by atoms with E-state index >= 15 is 0 Å². The molecule has 1 fully saturated rings. The van der Waals surface area contributed by atoms with Crippen LogP contribution in [0.3, 0.4) is 0 Å². The predicted molar refractivity (Wildman–Crippen MR) is 64.5 cm³/mol. The highest BCUT2D eigenvalue weighted by atomic mass is 35.5. The lowest BCUT2D eigenvalue weighted by molar-refractivity contribution is -0.0517. The minimum Gasteiger partial charge on any atom is -0.387 e. The van der Waals surface area contributed by atoms with Crippen LogP contribution in [-0.4, -0.2) is 18.3 Å². The largest absolute Gasteiger partial charge is 0.387 e. The minimum absolute atomic E-state index is 0.0505. The number of ether oxygens (including phenoxy) is 1. The Kier molecular flexibility index (Phi) is 3.86. The first-order valence-corrected chi connectivity index (χ1v) is 6.09. The lowest BCUT2D eigenvalue weighted by Gasteiger charge is -2.35. The molecule has 5 heteroatoms. The standard InChI is InChI=1S/C13H13ClFNO2/c14-10-4-1-3-9(11(10)15)12(17)13(7-16)5-2-6-18-8-13/h1,3-4,12,17H,2,5-6,8H2. The van der Waals surface area contributed by atoms with Crippen LogP contribution < -0.4 is 0 Å². The third-order valence-corrected chi connectivity index (χ3v) is 3.59. The summed E-state index contributed by atoms with van der Waals surface area (Å²) in [6, 6.07) is 6.48. The second-order valence-corrected chi connectivity index (χ2v) is 4.88. The van der Waals surface area contributed by atoms with Crippen molar-refractivity contribution in [3.8, 4) is 6.07 Å². The van der Waals surface area contributed by atoms with Gasteiger partial charge >= 0.3 is 0 Å². The van der Waals surface area contributed by atoms with Crippen LogP contribution in [-0.2, 0) is 4.74 Å². The van der Waals surface area contributed by atoms with Crippen LogP contribution in [0.5, 0.6) is 0 Å². The molecule has 96 valence electrons. The Hall–Kier alpha value is -1.15. The van der Waals surface area contributed by atoms with Crippen molar-refractivity contribution in [2.75, 3.05) is 13.2 Å². The van der Waals surface area contributed by atoms with Gasteiger partial charge in [-0.05, 0) is 18.9 Å². The molecular formula is C13H13ClFNO2. The third kappa shape index (κ3) is 2.22. The van der Waals surface area contributed by atoms with E-state index in [4.69, 9.17) is 16.3 Å². The number of rotatable bonds is 2. The van der Waals surface area contributed by atoms with E-state index in [9.17, 15) is 14.8 Å². The Morgan fingerprint density at radius 3 is 2.94 bits per heavy atom. The molecule has 1 aromatic carbocycles. The SMILES string of the molecule is N#CC1(C(O)c2cccc(Cl)c2F)CCCOC1. The molecule has 0 amide bonds. The van der Waals surface area contributed by atoms with E-state index in [-0.39, 0.29) is 17.2 Å². The number of hydrogen-bond acceptors (Lipinski definition) is 3. The second-order valence-electron chi connectivity index (χ2n) is 4.47. The Labute approximate surface area is 110 Å². The number of nitriles is 1. The molecule has 2 unspecified atom stereocenters. The molecule has 1 aliphatic rings. The van der Waals surface area contributed by atoms with E-state index in [2.05, 4.69) is 6.07 Å². The first-order valence-electron chi connectivity index (χ1n) is 5.72. The van der Waals surface area contributed by atoms with Gasteiger partial charge < -0.3 is 9.84 Å². The van der Waals surface area contributed by atoms with Crippen molar-refractivity contribution in [3.63, 3.8) is 0 Å². The molecular weight excluding hydrogens is 257 g/mol. The van der Waals surface area contributed by atoms with Gasteiger partial charge in [0.05, 0.1) is 17.7 Å². The highest BCUT2D eigenvalue weighted by molar-refractivity contribution is 6.30. The summed E-state index contributed by atoms with van der Waals surface area (Å²) in [6.45, 7) is 0.671. The normalized spacial score (nSPS) is 25.4. The molecule has 1 saturated heterocycles. The zero-order chi connectivity index (χ0) is 13.2. The van der Waals surface area contributed by atoms with Crippen molar-refractivity contribution >= 4 is 11.6 Å². The molecule has 0 aliphatic carbocycles. The zero-order valence-corrected chi connectivity index (χ0v) is 10.5. The van der Waals surface area contributed by atoms with E-state index in [0.29, 0.717) is 19.4 Å². The lowest BCUT2D eigenvalue weighted by atomic mass is 9.76. The average molecular weight is 270 g/mol. The molecule has 0 aromatic heterocycles. The number of hydrogen-bond donors (Lipinski definition) is 1. The van der Waals surface area contributed by atoms with Crippen LogP contribution in [0.15, 0.2) is 18.2 Å². The summed E-state index contributed by atoms with van der Waals surface area (Å²) in [5.74, 6) is -0.674. The van der Waals surface area contributed by atoms with E-state index in [1.54, 1.807) is 6.07 Å². The van der Waals surface area contributed by atoms with Crippen molar-refractivity contribution in [2.24, 2.45) is 5.41 Å². The van der Waals surface area contributed by atoms with E-state index in [1.165, 1.54) is 12.1 Å². The van der Waals surface area contributed by atoms with E-state index < -0.39 is 17.3 Å². The Morgan fingerprint density at radius 2 is 2.33 bits per heavy atom. The maximum atomic E-state index is 13.9. The van der Waals surface area contributed by atoms with Crippen molar-refractivity contribution in [1.29, 1.82) is 5.26 Å². The van der Waals surface area contributed by atoms with Crippen LogP contribution in [0.2, 0.25) is 5.02 Å². The molecule has 2 atom stereocenters. The molecule has 3 nitrogen and oxygen atoms in total. The number of aliphatic hydroxyl groups excluding tert-OH is 1.